The molecule has 0 aliphatic carbocycles. The maximum absolute atomic E-state index is 13.0. The minimum atomic E-state index is -3.51. The molecule has 3 rings (SSSR count). The number of carbonyl (C=O) groups excluding carboxylic acids is 1. The molecule has 152 valence electrons. The van der Waals surface area contributed by atoms with Gasteiger partial charge in [0, 0.05) is 11.1 Å². The van der Waals surface area contributed by atoms with Crippen molar-refractivity contribution in [1.82, 2.24) is 9.78 Å². The van der Waals surface area contributed by atoms with Gasteiger partial charge in [-0.15, -0.1) is 4.36 Å². The number of rotatable bonds is 3. The van der Waals surface area contributed by atoms with Crippen LogP contribution in [0.5, 0.6) is 5.88 Å². The van der Waals surface area contributed by atoms with Gasteiger partial charge in [-0.1, -0.05) is 45.9 Å². The minimum absolute atomic E-state index is 0.0988. The number of fused-ring (bicyclic) bond motifs is 1. The molecule has 28 heavy (non-hydrogen) atoms. The summed E-state index contributed by atoms with van der Waals surface area (Å²) in [5, 5.41) is 12.9. The molecule has 0 saturated heterocycles. The Morgan fingerprint density at radius 3 is 2.82 bits per heavy atom. The summed E-state index contributed by atoms with van der Waals surface area (Å²) in [7, 11) is -3.51. The Kier molecular flexibility index (Phi) is 5.24. The average Bonchev–Trinajstić information content (AvgIpc) is 2.98. The largest absolute Gasteiger partial charge is 0.476 e. The van der Waals surface area contributed by atoms with Gasteiger partial charge in [-0.25, -0.2) is 18.8 Å². The Hall–Kier alpha value is -2.39. The van der Waals surface area contributed by atoms with Crippen LogP contribution in [0, 0.1) is 12.3 Å². The van der Waals surface area contributed by atoms with Crippen molar-refractivity contribution in [2.24, 2.45) is 14.9 Å². The molecule has 0 fully saturated rings. The van der Waals surface area contributed by atoms with Gasteiger partial charge in [-0.05, 0) is 24.0 Å². The molecular weight excluding hydrogens is 378 g/mol. The number of benzene rings is 1. The number of aromatic nitrogens is 2. The van der Waals surface area contributed by atoms with Crippen LogP contribution in [0.15, 0.2) is 33.7 Å². The first-order chi connectivity index (χ1) is 13.0. The second kappa shape index (κ2) is 7.21. The number of hydrogen-bond donors (Lipinski definition) is 2. The van der Waals surface area contributed by atoms with Crippen LogP contribution in [0.4, 0.5) is 10.5 Å². The lowest BCUT2D eigenvalue weighted by molar-refractivity contribution is 0.0972. The Balaban J connectivity index is 1.91. The maximum atomic E-state index is 13.0. The summed E-state index contributed by atoms with van der Waals surface area (Å²) in [6, 6.07) is 5.00. The van der Waals surface area contributed by atoms with E-state index in [1.807, 2.05) is 52.8 Å². The molecule has 1 aliphatic rings. The van der Waals surface area contributed by atoms with Crippen LogP contribution in [0.3, 0.4) is 0 Å². The first kappa shape index (κ1) is 20.3. The van der Waals surface area contributed by atoms with Crippen molar-refractivity contribution in [3.8, 4) is 5.88 Å². The maximum Gasteiger partial charge on any atom is 0.354 e. The number of aryl methyl sites for hydroxylation is 1. The number of amides is 2. The van der Waals surface area contributed by atoms with Crippen molar-refractivity contribution in [2.45, 2.75) is 52.0 Å². The molecule has 2 heterocycles. The summed E-state index contributed by atoms with van der Waals surface area (Å²) < 4.78 is 24.1. The smallest absolute Gasteiger partial charge is 0.354 e. The van der Waals surface area contributed by atoms with Crippen molar-refractivity contribution < 1.29 is 13.7 Å². The van der Waals surface area contributed by atoms with Gasteiger partial charge in [0.25, 0.3) is 0 Å². The van der Waals surface area contributed by atoms with Crippen molar-refractivity contribution >= 4 is 21.6 Å². The zero-order valence-electron chi connectivity index (χ0n) is 16.9. The van der Waals surface area contributed by atoms with E-state index in [2.05, 4.69) is 14.8 Å². The topological polar surface area (TPSA) is 112 Å². The summed E-state index contributed by atoms with van der Waals surface area (Å²) in [6.07, 6.45) is 1.36. The number of urea groups is 1. The predicted octanol–water partition coefficient (Wildman–Crippen LogP) is 3.67. The van der Waals surface area contributed by atoms with Crippen molar-refractivity contribution in [3.05, 3.63) is 35.5 Å². The van der Waals surface area contributed by atoms with E-state index in [1.54, 1.807) is 4.68 Å². The van der Waals surface area contributed by atoms with E-state index >= 15 is 0 Å². The van der Waals surface area contributed by atoms with Crippen LogP contribution in [-0.2, 0) is 16.5 Å². The Labute approximate surface area is 165 Å². The normalized spacial score (nSPS) is 17.4. The molecule has 8 nitrogen and oxygen atoms in total. The number of nitrogens with one attached hydrogen (secondary N) is 1. The summed E-state index contributed by atoms with van der Waals surface area (Å²) in [4.78, 5) is 12.6. The predicted molar refractivity (Wildman–Crippen MR) is 109 cm³/mol. The highest BCUT2D eigenvalue weighted by Crippen LogP contribution is 2.33. The molecule has 2 amide bonds. The summed E-state index contributed by atoms with van der Waals surface area (Å²) in [5.41, 5.74) is 2.43. The van der Waals surface area contributed by atoms with Gasteiger partial charge in [-0.3, -0.25) is 0 Å². The fourth-order valence-electron chi connectivity index (χ4n) is 3.18. The quantitative estimate of drug-likeness (QED) is 0.811. The second-order valence-electron chi connectivity index (χ2n) is 8.21. The van der Waals surface area contributed by atoms with Crippen LogP contribution in [0.2, 0.25) is 0 Å². The second-order valence-corrected chi connectivity index (χ2v) is 9.97. The molecule has 0 unspecified atom stereocenters. The minimum Gasteiger partial charge on any atom is -0.476 e. The number of nitrogens with zero attached hydrogens (tertiary/aromatic N) is 3. The molecule has 3 N–H and O–H groups in total. The van der Waals surface area contributed by atoms with Gasteiger partial charge in [-0.2, -0.15) is 5.10 Å². The van der Waals surface area contributed by atoms with Crippen LogP contribution in [0.25, 0.3) is 0 Å². The third-order valence-electron chi connectivity index (χ3n) is 4.63. The van der Waals surface area contributed by atoms with Gasteiger partial charge in [0.05, 0.1) is 19.3 Å². The van der Waals surface area contributed by atoms with Gasteiger partial charge in [0.15, 0.2) is 9.92 Å². The molecule has 0 spiro atoms. The first-order valence-electron chi connectivity index (χ1n) is 9.14. The number of para-hydroxylation sites is 1. The fourth-order valence-corrected chi connectivity index (χ4v) is 4.18. The number of nitrogens with two attached hydrogens (primary N) is 1. The molecule has 2 aromatic rings. The zero-order valence-corrected chi connectivity index (χ0v) is 17.7. The van der Waals surface area contributed by atoms with Gasteiger partial charge >= 0.3 is 6.03 Å². The highest BCUT2D eigenvalue weighted by molar-refractivity contribution is 7.91. The van der Waals surface area contributed by atoms with Crippen LogP contribution < -0.4 is 15.2 Å². The number of carbonyl (C=O) groups is 1. The molecule has 0 bridgehead atoms. The van der Waals surface area contributed by atoms with E-state index < -0.39 is 15.9 Å². The van der Waals surface area contributed by atoms with Crippen molar-refractivity contribution in [1.29, 1.82) is 0 Å². The van der Waals surface area contributed by atoms with E-state index in [9.17, 15) is 9.00 Å². The van der Waals surface area contributed by atoms with E-state index in [0.717, 1.165) is 11.1 Å². The third-order valence-corrected chi connectivity index (χ3v) is 5.98. The fraction of sp³-hybridized carbons (Fsp3) is 0.474. The van der Waals surface area contributed by atoms with Gasteiger partial charge in [0.1, 0.15) is 4.90 Å². The number of hydrogen-bond acceptors (Lipinski definition) is 4. The molecule has 1 aromatic carbocycles. The lowest BCUT2D eigenvalue weighted by atomic mass is 9.94. The van der Waals surface area contributed by atoms with Gasteiger partial charge in [0.2, 0.25) is 5.88 Å². The first-order valence-corrected chi connectivity index (χ1v) is 10.7. The van der Waals surface area contributed by atoms with Crippen LogP contribution >= 0.6 is 0 Å². The van der Waals surface area contributed by atoms with E-state index in [4.69, 9.17) is 9.88 Å². The number of anilines is 1. The van der Waals surface area contributed by atoms with Gasteiger partial charge < -0.3 is 10.1 Å². The molecule has 0 saturated carbocycles. The van der Waals surface area contributed by atoms with Crippen LogP contribution in [0.1, 0.15) is 44.7 Å². The summed E-state index contributed by atoms with van der Waals surface area (Å²) in [6.45, 7) is 11.1. The molecule has 1 atom stereocenters. The Morgan fingerprint density at radius 2 is 2.14 bits per heavy atom. The standard InChI is InChI=1S/C19H27N5O3S/c1-12(2)14-8-6-7-13(3)16(14)22-18(25)23-28(20,26)15-9-21-24-10-19(4,5)11-27-17(15)24/h6-9,12H,10-11H2,1-5H3,(H3,20,22,23,25,26)/t28-/m1/s1. The zero-order chi connectivity index (χ0) is 20.7. The Morgan fingerprint density at radius 1 is 1.43 bits per heavy atom. The monoisotopic (exact) mass is 405 g/mol. The molecule has 0 radical (unpaired) electrons. The summed E-state index contributed by atoms with van der Waals surface area (Å²) >= 11 is 0. The molecule has 1 aromatic heterocycles. The van der Waals surface area contributed by atoms with Crippen molar-refractivity contribution in [3.63, 3.8) is 0 Å². The van der Waals surface area contributed by atoms with Crippen molar-refractivity contribution in [2.75, 3.05) is 11.9 Å². The Bertz CT molecular complexity index is 1030. The third kappa shape index (κ3) is 4.05. The molecule has 9 heteroatoms. The molecule has 1 aliphatic heterocycles. The van der Waals surface area contributed by atoms with E-state index in [1.165, 1.54) is 6.20 Å². The highest BCUT2D eigenvalue weighted by Gasteiger charge is 2.32. The summed E-state index contributed by atoms with van der Waals surface area (Å²) in [5.74, 6) is 0.513. The van der Waals surface area contributed by atoms with E-state index in [0.29, 0.717) is 24.7 Å². The molecular formula is C19H27N5O3S. The average molecular weight is 406 g/mol. The highest BCUT2D eigenvalue weighted by atomic mass is 32.2. The number of ether oxygens (including phenoxy) is 1. The SMILES string of the molecule is Cc1cccc(C(C)C)c1NC(=O)N=[S@@](N)(=O)c1cnn2c1OCC(C)(C)C2. The lowest BCUT2D eigenvalue weighted by Gasteiger charge is -2.30. The lowest BCUT2D eigenvalue weighted by Crippen LogP contribution is -2.33. The van der Waals surface area contributed by atoms with Crippen LogP contribution in [-0.4, -0.2) is 26.6 Å². The van der Waals surface area contributed by atoms with E-state index in [-0.39, 0.29) is 16.2 Å².